The Kier molecular flexibility index (Phi) is 3.84. The van der Waals surface area contributed by atoms with Gasteiger partial charge in [-0.05, 0) is 19.9 Å². The third-order valence-corrected chi connectivity index (χ3v) is 4.70. The molecule has 0 saturated carbocycles. The first-order valence-corrected chi connectivity index (χ1v) is 7.96. The Morgan fingerprint density at radius 3 is 3.05 bits per heavy atom. The van der Waals surface area contributed by atoms with Gasteiger partial charge in [-0.15, -0.1) is 21.5 Å². The molecule has 7 nitrogen and oxygen atoms in total. The lowest BCUT2D eigenvalue weighted by Crippen LogP contribution is -2.14. The molecule has 0 radical (unpaired) electrons. The number of fused-ring (bicyclic) bond motifs is 1. The molecule has 0 unspecified atom stereocenters. The molecule has 0 aliphatic heterocycles. The Labute approximate surface area is 128 Å². The van der Waals surface area contributed by atoms with E-state index in [1.165, 1.54) is 23.1 Å². The average Bonchev–Trinajstić information content (AvgIpc) is 3.01. The smallest absolute Gasteiger partial charge is 0.255 e. The lowest BCUT2D eigenvalue weighted by molar-refractivity contribution is -0.113. The fourth-order valence-electron chi connectivity index (χ4n) is 1.63. The van der Waals surface area contributed by atoms with E-state index in [1.807, 2.05) is 20.0 Å². The standard InChI is InChI=1S/C12H12N6OS2/c1-7-8(2)21-11(14-7)15-9(19)6-20-12-17-16-10-13-4-3-5-18(10)12/h3-5H,6H2,1-2H3,(H,14,15,19). The summed E-state index contributed by atoms with van der Waals surface area (Å²) < 4.78 is 1.75. The van der Waals surface area contributed by atoms with Crippen LogP contribution in [0, 0.1) is 13.8 Å². The Morgan fingerprint density at radius 2 is 2.29 bits per heavy atom. The molecule has 21 heavy (non-hydrogen) atoms. The molecule has 3 heterocycles. The fraction of sp³-hybridized carbons (Fsp3) is 0.250. The molecule has 3 aromatic rings. The third kappa shape index (κ3) is 3.03. The summed E-state index contributed by atoms with van der Waals surface area (Å²) in [6.45, 7) is 3.90. The Bertz CT molecular complexity index is 777. The van der Waals surface area contributed by atoms with Crippen molar-refractivity contribution >= 4 is 39.9 Å². The summed E-state index contributed by atoms with van der Waals surface area (Å²) in [5.41, 5.74) is 0.942. The number of hydrogen-bond donors (Lipinski definition) is 1. The number of carbonyl (C=O) groups is 1. The Hall–Kier alpha value is -2.00. The van der Waals surface area contributed by atoms with Crippen molar-refractivity contribution in [2.24, 2.45) is 0 Å². The van der Waals surface area contributed by atoms with E-state index in [1.54, 1.807) is 16.7 Å². The van der Waals surface area contributed by atoms with Crippen molar-refractivity contribution in [3.05, 3.63) is 29.0 Å². The molecule has 3 rings (SSSR count). The second-order valence-electron chi connectivity index (χ2n) is 4.27. The maximum Gasteiger partial charge on any atom is 0.255 e. The van der Waals surface area contributed by atoms with Crippen molar-refractivity contribution in [2.75, 3.05) is 11.1 Å². The molecular weight excluding hydrogens is 308 g/mol. The van der Waals surface area contributed by atoms with Gasteiger partial charge in [0.25, 0.3) is 5.78 Å². The number of rotatable bonds is 4. The summed E-state index contributed by atoms with van der Waals surface area (Å²) in [5, 5.41) is 12.0. The number of amides is 1. The lowest BCUT2D eigenvalue weighted by atomic mass is 10.4. The van der Waals surface area contributed by atoms with Crippen molar-refractivity contribution in [3.63, 3.8) is 0 Å². The van der Waals surface area contributed by atoms with Crippen LogP contribution in [0.3, 0.4) is 0 Å². The van der Waals surface area contributed by atoms with Crippen LogP contribution >= 0.6 is 23.1 Å². The number of anilines is 1. The summed E-state index contributed by atoms with van der Waals surface area (Å²) in [5.74, 6) is 0.647. The van der Waals surface area contributed by atoms with Crippen LogP contribution < -0.4 is 5.32 Å². The van der Waals surface area contributed by atoms with Gasteiger partial charge in [-0.25, -0.2) is 9.97 Å². The van der Waals surface area contributed by atoms with Crippen LogP contribution in [-0.4, -0.2) is 36.2 Å². The highest BCUT2D eigenvalue weighted by Gasteiger charge is 2.11. The predicted molar refractivity (Wildman–Crippen MR) is 81.7 cm³/mol. The van der Waals surface area contributed by atoms with Gasteiger partial charge in [0.2, 0.25) is 5.91 Å². The van der Waals surface area contributed by atoms with Crippen molar-refractivity contribution in [1.82, 2.24) is 24.6 Å². The Morgan fingerprint density at radius 1 is 1.43 bits per heavy atom. The maximum absolute atomic E-state index is 11.9. The molecule has 0 aliphatic carbocycles. The lowest BCUT2D eigenvalue weighted by Gasteiger charge is -2.00. The zero-order valence-corrected chi connectivity index (χ0v) is 13.0. The van der Waals surface area contributed by atoms with Gasteiger partial charge in [-0.2, -0.15) is 0 Å². The van der Waals surface area contributed by atoms with Gasteiger partial charge in [0.05, 0.1) is 11.4 Å². The van der Waals surface area contributed by atoms with Crippen LogP contribution in [0.2, 0.25) is 0 Å². The quantitative estimate of drug-likeness (QED) is 0.739. The van der Waals surface area contributed by atoms with E-state index in [2.05, 4.69) is 25.5 Å². The van der Waals surface area contributed by atoms with Crippen molar-refractivity contribution < 1.29 is 4.79 Å². The summed E-state index contributed by atoms with van der Waals surface area (Å²) in [6.07, 6.45) is 3.47. The summed E-state index contributed by atoms with van der Waals surface area (Å²) in [6, 6.07) is 1.79. The zero-order chi connectivity index (χ0) is 14.8. The van der Waals surface area contributed by atoms with E-state index in [4.69, 9.17) is 0 Å². The van der Waals surface area contributed by atoms with Crippen molar-refractivity contribution in [3.8, 4) is 0 Å². The van der Waals surface area contributed by atoms with Gasteiger partial charge < -0.3 is 5.32 Å². The van der Waals surface area contributed by atoms with E-state index in [0.29, 0.717) is 16.1 Å². The van der Waals surface area contributed by atoms with Crippen LogP contribution in [0.1, 0.15) is 10.6 Å². The molecule has 0 atom stereocenters. The van der Waals surface area contributed by atoms with Crippen LogP contribution in [0.4, 0.5) is 5.13 Å². The maximum atomic E-state index is 11.9. The molecule has 9 heteroatoms. The fourth-order valence-corrected chi connectivity index (χ4v) is 3.18. The van der Waals surface area contributed by atoms with E-state index in [-0.39, 0.29) is 11.7 Å². The van der Waals surface area contributed by atoms with Gasteiger partial charge >= 0.3 is 0 Å². The summed E-state index contributed by atoms with van der Waals surface area (Å²) in [7, 11) is 0. The van der Waals surface area contributed by atoms with Gasteiger partial charge in [0, 0.05) is 17.3 Å². The minimum Gasteiger partial charge on any atom is -0.301 e. The van der Waals surface area contributed by atoms with Gasteiger partial charge in [0.1, 0.15) is 0 Å². The summed E-state index contributed by atoms with van der Waals surface area (Å²) >= 11 is 2.78. The number of hydrogen-bond acceptors (Lipinski definition) is 7. The zero-order valence-electron chi connectivity index (χ0n) is 11.4. The normalized spacial score (nSPS) is 11.0. The highest BCUT2D eigenvalue weighted by atomic mass is 32.2. The van der Waals surface area contributed by atoms with Gasteiger partial charge in [-0.3, -0.25) is 9.20 Å². The largest absolute Gasteiger partial charge is 0.301 e. The molecule has 0 spiro atoms. The predicted octanol–water partition coefficient (Wildman–Crippen LogP) is 1.93. The molecule has 0 aliphatic rings. The second kappa shape index (κ2) is 5.78. The average molecular weight is 320 g/mol. The van der Waals surface area contributed by atoms with E-state index in [9.17, 15) is 4.79 Å². The highest BCUT2D eigenvalue weighted by molar-refractivity contribution is 7.99. The molecule has 0 saturated heterocycles. The van der Waals surface area contributed by atoms with Crippen molar-refractivity contribution in [1.29, 1.82) is 0 Å². The van der Waals surface area contributed by atoms with Crippen LogP contribution in [0.5, 0.6) is 0 Å². The number of nitrogens with one attached hydrogen (secondary N) is 1. The minimum atomic E-state index is -0.116. The number of thiazole rings is 1. The number of nitrogens with zero attached hydrogens (tertiary/aromatic N) is 5. The van der Waals surface area contributed by atoms with Crippen LogP contribution in [0.25, 0.3) is 5.78 Å². The molecular formula is C12H12N6OS2. The van der Waals surface area contributed by atoms with E-state index >= 15 is 0 Å². The molecule has 0 aromatic carbocycles. The third-order valence-electron chi connectivity index (χ3n) is 2.76. The SMILES string of the molecule is Cc1nc(NC(=O)CSc2nnc3ncccn23)sc1C. The monoisotopic (exact) mass is 320 g/mol. The molecule has 108 valence electrons. The first-order valence-electron chi connectivity index (χ1n) is 6.16. The first-order chi connectivity index (χ1) is 10.1. The number of aryl methyl sites for hydroxylation is 2. The molecule has 0 bridgehead atoms. The number of carbonyl (C=O) groups excluding carboxylic acids is 1. The van der Waals surface area contributed by atoms with Gasteiger partial charge in [0.15, 0.2) is 10.3 Å². The molecule has 3 aromatic heterocycles. The first kappa shape index (κ1) is 14.0. The Balaban J connectivity index is 1.63. The highest BCUT2D eigenvalue weighted by Crippen LogP contribution is 2.22. The molecule has 1 N–H and O–H groups in total. The molecule has 1 amide bonds. The van der Waals surface area contributed by atoms with Crippen LogP contribution in [-0.2, 0) is 4.79 Å². The van der Waals surface area contributed by atoms with Gasteiger partial charge in [-0.1, -0.05) is 11.8 Å². The molecule has 0 fully saturated rings. The minimum absolute atomic E-state index is 0.116. The number of thioether (sulfide) groups is 1. The topological polar surface area (TPSA) is 85.1 Å². The van der Waals surface area contributed by atoms with Crippen LogP contribution in [0.15, 0.2) is 23.6 Å². The summed E-state index contributed by atoms with van der Waals surface area (Å²) in [4.78, 5) is 21.4. The number of aromatic nitrogens is 5. The van der Waals surface area contributed by atoms with E-state index in [0.717, 1.165) is 10.6 Å². The second-order valence-corrected chi connectivity index (χ2v) is 6.42. The van der Waals surface area contributed by atoms with Crippen molar-refractivity contribution in [2.45, 2.75) is 19.0 Å². The van der Waals surface area contributed by atoms with E-state index < -0.39 is 0 Å².